The maximum atomic E-state index is 9.60. The molecule has 20 heavy (non-hydrogen) atoms. The van der Waals surface area contributed by atoms with E-state index in [1.165, 1.54) is 5.56 Å². The molecule has 0 fully saturated rings. The molecule has 0 amide bonds. The third-order valence-electron chi connectivity index (χ3n) is 3.37. The van der Waals surface area contributed by atoms with E-state index in [0.29, 0.717) is 10.7 Å². The van der Waals surface area contributed by atoms with Gasteiger partial charge in [-0.05, 0) is 25.5 Å². The summed E-state index contributed by atoms with van der Waals surface area (Å²) in [5.41, 5.74) is 4.65. The van der Waals surface area contributed by atoms with Crippen molar-refractivity contribution >= 4 is 11.6 Å². The number of aryl methyl sites for hydroxylation is 2. The van der Waals surface area contributed by atoms with E-state index in [-0.39, 0.29) is 12.0 Å². The fraction of sp³-hybridized carbons (Fsp3) is 0.438. The first-order valence-electron chi connectivity index (χ1n) is 6.72. The predicted molar refractivity (Wildman–Crippen MR) is 82.7 cm³/mol. The molecule has 1 N–H and O–H groups in total. The topological polar surface area (TPSA) is 38.0 Å². The van der Waals surface area contributed by atoms with Crippen LogP contribution in [0.3, 0.4) is 0 Å². The van der Waals surface area contributed by atoms with Gasteiger partial charge in [0.05, 0.1) is 18.0 Å². The predicted octanol–water partition coefficient (Wildman–Crippen LogP) is 3.93. The van der Waals surface area contributed by atoms with Gasteiger partial charge in [0.15, 0.2) is 0 Å². The van der Waals surface area contributed by atoms with Crippen LogP contribution in [0.5, 0.6) is 0 Å². The average molecular weight is 293 g/mol. The monoisotopic (exact) mass is 292 g/mol. The highest BCUT2D eigenvalue weighted by Gasteiger charge is 2.26. The summed E-state index contributed by atoms with van der Waals surface area (Å²) >= 11 is 6.42. The molecule has 1 aromatic carbocycles. The normalized spacial score (nSPS) is 11.9. The first kappa shape index (κ1) is 15.1. The van der Waals surface area contributed by atoms with E-state index in [2.05, 4.69) is 38.9 Å². The number of rotatable bonds is 2. The molecular weight excluding hydrogens is 272 g/mol. The first-order chi connectivity index (χ1) is 9.25. The van der Waals surface area contributed by atoms with Gasteiger partial charge in [0.25, 0.3) is 0 Å². The van der Waals surface area contributed by atoms with E-state index < -0.39 is 0 Å². The Morgan fingerprint density at radius 2 is 1.90 bits per heavy atom. The van der Waals surface area contributed by atoms with Crippen molar-refractivity contribution in [1.82, 2.24) is 9.78 Å². The van der Waals surface area contributed by atoms with E-state index in [4.69, 9.17) is 11.6 Å². The number of hydrogen-bond acceptors (Lipinski definition) is 2. The quantitative estimate of drug-likeness (QED) is 0.910. The molecule has 3 nitrogen and oxygen atoms in total. The molecule has 0 atom stereocenters. The molecule has 0 aliphatic heterocycles. The van der Waals surface area contributed by atoms with Gasteiger partial charge in [-0.2, -0.15) is 5.10 Å². The Kier molecular flexibility index (Phi) is 3.94. The molecule has 0 bridgehead atoms. The molecule has 0 radical (unpaired) electrons. The minimum absolute atomic E-state index is 0.101. The maximum Gasteiger partial charge on any atom is 0.138 e. The van der Waals surface area contributed by atoms with Crippen molar-refractivity contribution in [3.63, 3.8) is 0 Å². The maximum absolute atomic E-state index is 9.60. The lowest BCUT2D eigenvalue weighted by atomic mass is 9.90. The number of aromatic nitrogens is 2. The number of aliphatic hydroxyl groups is 1. The highest BCUT2D eigenvalue weighted by atomic mass is 35.5. The largest absolute Gasteiger partial charge is 0.391 e. The summed E-state index contributed by atoms with van der Waals surface area (Å²) < 4.78 is 1.72. The molecule has 2 aromatic rings. The van der Waals surface area contributed by atoms with E-state index >= 15 is 0 Å². The summed E-state index contributed by atoms with van der Waals surface area (Å²) in [5.74, 6) is 0. The lowest BCUT2D eigenvalue weighted by Gasteiger charge is -2.16. The fourth-order valence-electron chi connectivity index (χ4n) is 2.38. The van der Waals surface area contributed by atoms with Gasteiger partial charge in [0.1, 0.15) is 5.15 Å². The molecule has 0 saturated carbocycles. The summed E-state index contributed by atoms with van der Waals surface area (Å²) in [4.78, 5) is 0. The summed E-state index contributed by atoms with van der Waals surface area (Å²) in [6.07, 6.45) is 0. The zero-order valence-electron chi connectivity index (χ0n) is 12.7. The van der Waals surface area contributed by atoms with Gasteiger partial charge in [-0.3, -0.25) is 0 Å². The second kappa shape index (κ2) is 5.23. The van der Waals surface area contributed by atoms with Crippen LogP contribution in [0, 0.1) is 13.8 Å². The van der Waals surface area contributed by atoms with Crippen LogP contribution in [0.15, 0.2) is 18.2 Å². The summed E-state index contributed by atoms with van der Waals surface area (Å²) in [6, 6.07) is 6.15. The molecule has 4 heteroatoms. The first-order valence-corrected chi connectivity index (χ1v) is 7.10. The summed E-state index contributed by atoms with van der Waals surface area (Å²) in [5, 5.41) is 14.7. The Hall–Kier alpha value is -1.32. The van der Waals surface area contributed by atoms with Gasteiger partial charge in [-0.15, -0.1) is 0 Å². The van der Waals surface area contributed by atoms with Crippen molar-refractivity contribution in [3.05, 3.63) is 45.7 Å². The molecule has 1 aromatic heterocycles. The minimum Gasteiger partial charge on any atom is -0.391 e. The Labute approximate surface area is 125 Å². The molecule has 2 rings (SSSR count). The number of halogens is 1. The molecule has 1 heterocycles. The van der Waals surface area contributed by atoms with Crippen molar-refractivity contribution in [3.8, 4) is 5.69 Å². The standard InChI is InChI=1S/C16H21ClN2O/c1-10-6-7-13(11(2)8-10)19-15(17)12(9-20)14(18-19)16(3,4)5/h6-8,20H,9H2,1-5H3. The van der Waals surface area contributed by atoms with Crippen molar-refractivity contribution < 1.29 is 5.11 Å². The van der Waals surface area contributed by atoms with Crippen molar-refractivity contribution in [2.45, 2.75) is 46.6 Å². The average Bonchev–Trinajstić information content (AvgIpc) is 2.66. The molecule has 0 unspecified atom stereocenters. The van der Waals surface area contributed by atoms with Crippen LogP contribution in [-0.4, -0.2) is 14.9 Å². The Balaban J connectivity index is 2.67. The molecular formula is C16H21ClN2O. The second-order valence-electron chi connectivity index (χ2n) is 6.23. The number of benzene rings is 1. The van der Waals surface area contributed by atoms with Gasteiger partial charge in [0, 0.05) is 11.0 Å². The molecule has 0 spiro atoms. The Bertz CT molecular complexity index is 639. The smallest absolute Gasteiger partial charge is 0.138 e. The van der Waals surface area contributed by atoms with Crippen molar-refractivity contribution in [2.75, 3.05) is 0 Å². The van der Waals surface area contributed by atoms with Crippen molar-refractivity contribution in [2.24, 2.45) is 0 Å². The van der Waals surface area contributed by atoms with E-state index in [1.807, 2.05) is 19.1 Å². The van der Waals surface area contributed by atoms with Gasteiger partial charge in [-0.25, -0.2) is 4.68 Å². The molecule has 0 saturated heterocycles. The summed E-state index contributed by atoms with van der Waals surface area (Å²) in [6.45, 7) is 10.2. The zero-order chi connectivity index (χ0) is 15.1. The second-order valence-corrected chi connectivity index (χ2v) is 6.59. The Morgan fingerprint density at radius 3 is 2.35 bits per heavy atom. The van der Waals surface area contributed by atoms with Crippen molar-refractivity contribution in [1.29, 1.82) is 0 Å². The SMILES string of the molecule is Cc1ccc(-n2nc(C(C)(C)C)c(CO)c2Cl)c(C)c1. The van der Waals surface area contributed by atoms with Crippen LogP contribution in [0.2, 0.25) is 5.15 Å². The van der Waals surface area contributed by atoms with Crippen LogP contribution in [0.25, 0.3) is 5.69 Å². The van der Waals surface area contributed by atoms with Gasteiger partial charge < -0.3 is 5.11 Å². The highest BCUT2D eigenvalue weighted by Crippen LogP contribution is 2.32. The zero-order valence-corrected chi connectivity index (χ0v) is 13.4. The molecule has 108 valence electrons. The van der Waals surface area contributed by atoms with E-state index in [9.17, 15) is 5.11 Å². The van der Waals surface area contributed by atoms with E-state index in [1.54, 1.807) is 4.68 Å². The third-order valence-corrected chi connectivity index (χ3v) is 3.76. The van der Waals surface area contributed by atoms with Crippen LogP contribution in [0.4, 0.5) is 0 Å². The molecule has 0 aliphatic rings. The third kappa shape index (κ3) is 2.60. The van der Waals surface area contributed by atoms with Crippen LogP contribution in [-0.2, 0) is 12.0 Å². The van der Waals surface area contributed by atoms with Crippen LogP contribution < -0.4 is 0 Å². The lowest BCUT2D eigenvalue weighted by molar-refractivity contribution is 0.278. The van der Waals surface area contributed by atoms with E-state index in [0.717, 1.165) is 16.9 Å². The Morgan fingerprint density at radius 1 is 1.25 bits per heavy atom. The summed E-state index contributed by atoms with van der Waals surface area (Å²) in [7, 11) is 0. The van der Waals surface area contributed by atoms with Gasteiger partial charge in [0.2, 0.25) is 0 Å². The van der Waals surface area contributed by atoms with Gasteiger partial charge >= 0.3 is 0 Å². The van der Waals surface area contributed by atoms with Crippen LogP contribution >= 0.6 is 11.6 Å². The number of aliphatic hydroxyl groups excluding tert-OH is 1. The van der Waals surface area contributed by atoms with Crippen LogP contribution in [0.1, 0.15) is 43.2 Å². The lowest BCUT2D eigenvalue weighted by Crippen LogP contribution is -2.15. The van der Waals surface area contributed by atoms with Gasteiger partial charge in [-0.1, -0.05) is 50.1 Å². The number of hydrogen-bond donors (Lipinski definition) is 1. The highest BCUT2D eigenvalue weighted by molar-refractivity contribution is 6.30. The fourth-order valence-corrected chi connectivity index (χ4v) is 2.65. The molecule has 0 aliphatic carbocycles. The number of nitrogens with zero attached hydrogens (tertiary/aromatic N) is 2. The minimum atomic E-state index is -0.161.